The number of morpholine rings is 1. The summed E-state index contributed by atoms with van der Waals surface area (Å²) in [5.74, 6) is 0. The van der Waals surface area contributed by atoms with E-state index in [1.165, 1.54) is 16.1 Å². The van der Waals surface area contributed by atoms with E-state index in [9.17, 15) is 18.5 Å². The van der Waals surface area contributed by atoms with E-state index in [4.69, 9.17) is 4.74 Å². The van der Waals surface area contributed by atoms with Crippen molar-refractivity contribution in [3.05, 3.63) is 100 Å². The van der Waals surface area contributed by atoms with Gasteiger partial charge in [-0.1, -0.05) is 30.3 Å². The second-order valence-corrected chi connectivity index (χ2v) is 10.8. The zero-order valence-electron chi connectivity index (χ0n) is 20.5. The number of nitro benzene ring substituents is 1. The molecule has 0 amide bonds. The molecular weight excluding hydrogens is 492 g/mol. The summed E-state index contributed by atoms with van der Waals surface area (Å²) in [6.07, 6.45) is 2.34. The summed E-state index contributed by atoms with van der Waals surface area (Å²) in [5, 5.41) is 11.0. The third kappa shape index (κ3) is 5.03. The van der Waals surface area contributed by atoms with Gasteiger partial charge in [0.15, 0.2) is 0 Å². The number of ether oxygens (including phenoxy) is 1. The molecule has 5 rings (SSSR count). The molecule has 37 heavy (non-hydrogen) atoms. The molecule has 0 N–H and O–H groups in total. The molecule has 9 nitrogen and oxygen atoms in total. The Balaban J connectivity index is 1.54. The van der Waals surface area contributed by atoms with Crippen molar-refractivity contribution >= 4 is 21.4 Å². The Morgan fingerprint density at radius 2 is 1.65 bits per heavy atom. The highest BCUT2D eigenvalue weighted by atomic mass is 32.2. The lowest BCUT2D eigenvalue weighted by molar-refractivity contribution is -0.384. The number of aryl methyl sites for hydroxylation is 2. The molecule has 192 valence electrons. The van der Waals surface area contributed by atoms with Crippen molar-refractivity contribution in [1.82, 2.24) is 8.54 Å². The first-order chi connectivity index (χ1) is 17.8. The first kappa shape index (κ1) is 24.8. The first-order valence-electron chi connectivity index (χ1n) is 12.1. The molecule has 0 spiro atoms. The van der Waals surface area contributed by atoms with Crippen LogP contribution in [0, 0.1) is 17.0 Å². The summed E-state index contributed by atoms with van der Waals surface area (Å²) >= 11 is 0. The fourth-order valence-electron chi connectivity index (χ4n) is 4.63. The van der Waals surface area contributed by atoms with Crippen LogP contribution in [-0.2, 0) is 27.7 Å². The van der Waals surface area contributed by atoms with E-state index < -0.39 is 14.9 Å². The number of anilines is 1. The summed E-state index contributed by atoms with van der Waals surface area (Å²) in [7, 11) is -3.84. The predicted molar refractivity (Wildman–Crippen MR) is 141 cm³/mol. The molecule has 4 aromatic rings. The van der Waals surface area contributed by atoms with E-state index in [0.29, 0.717) is 45.0 Å². The average Bonchev–Trinajstić information content (AvgIpc) is 3.53. The lowest BCUT2D eigenvalue weighted by atomic mass is 10.1. The molecule has 0 atom stereocenters. The predicted octanol–water partition coefficient (Wildman–Crippen LogP) is 4.49. The molecule has 1 fully saturated rings. The Bertz CT molecular complexity index is 1500. The maximum Gasteiger partial charge on any atom is 0.269 e. The number of non-ortho nitro benzene ring substituents is 1. The summed E-state index contributed by atoms with van der Waals surface area (Å²) in [4.78, 5) is 12.9. The number of hydrogen-bond acceptors (Lipinski definition) is 6. The molecule has 1 saturated heterocycles. The quantitative estimate of drug-likeness (QED) is 0.251. The van der Waals surface area contributed by atoms with Crippen molar-refractivity contribution in [2.45, 2.75) is 24.8 Å². The van der Waals surface area contributed by atoms with Gasteiger partial charge in [-0.25, -0.2) is 12.4 Å². The van der Waals surface area contributed by atoms with Gasteiger partial charge in [0, 0.05) is 43.7 Å². The van der Waals surface area contributed by atoms with Crippen LogP contribution >= 0.6 is 0 Å². The minimum atomic E-state index is -3.84. The van der Waals surface area contributed by atoms with E-state index in [1.54, 1.807) is 48.7 Å². The molecule has 0 bridgehead atoms. The summed E-state index contributed by atoms with van der Waals surface area (Å²) in [5.41, 5.74) is 4.22. The van der Waals surface area contributed by atoms with Crippen LogP contribution in [0.2, 0.25) is 0 Å². The molecule has 2 aromatic heterocycles. The number of benzene rings is 2. The van der Waals surface area contributed by atoms with Crippen LogP contribution < -0.4 is 4.90 Å². The topological polar surface area (TPSA) is 99.6 Å². The Hall–Kier alpha value is -3.89. The minimum Gasteiger partial charge on any atom is -0.378 e. The molecule has 0 radical (unpaired) electrons. The number of nitrogens with zero attached hydrogens (tertiary/aromatic N) is 4. The lowest BCUT2D eigenvalue weighted by Gasteiger charge is -2.27. The van der Waals surface area contributed by atoms with Crippen molar-refractivity contribution in [2.75, 3.05) is 31.2 Å². The zero-order valence-corrected chi connectivity index (χ0v) is 21.3. The van der Waals surface area contributed by atoms with Crippen molar-refractivity contribution in [3.8, 4) is 11.4 Å². The van der Waals surface area contributed by atoms with Crippen LogP contribution in [0.15, 0.2) is 83.9 Å². The van der Waals surface area contributed by atoms with Crippen LogP contribution in [0.4, 0.5) is 11.4 Å². The molecule has 1 aliphatic heterocycles. The number of hydrogen-bond donors (Lipinski definition) is 0. The first-order valence-corrected chi connectivity index (χ1v) is 13.5. The van der Waals surface area contributed by atoms with Crippen LogP contribution in [-0.4, -0.2) is 48.2 Å². The Labute approximate surface area is 215 Å². The van der Waals surface area contributed by atoms with Gasteiger partial charge in [-0.2, -0.15) is 0 Å². The highest BCUT2D eigenvalue weighted by Crippen LogP contribution is 2.33. The van der Waals surface area contributed by atoms with Gasteiger partial charge >= 0.3 is 0 Å². The maximum absolute atomic E-state index is 13.8. The fraction of sp³-hybridized carbons (Fsp3) is 0.259. The minimum absolute atomic E-state index is 0.0566. The lowest BCUT2D eigenvalue weighted by Crippen LogP contribution is -2.36. The number of rotatable bonds is 8. The van der Waals surface area contributed by atoms with Gasteiger partial charge in [-0.3, -0.25) is 10.1 Å². The van der Waals surface area contributed by atoms with E-state index in [2.05, 4.69) is 9.47 Å². The number of aromatic nitrogens is 2. The largest absolute Gasteiger partial charge is 0.378 e. The SMILES string of the molecule is Cc1ccc(-c2cc(N3CCOCC3)cn2S(=O)(=O)c2ccccc2)n1CCc1ccc([N+](=O)[O-])cc1. The second kappa shape index (κ2) is 10.2. The van der Waals surface area contributed by atoms with Crippen LogP contribution in [0.3, 0.4) is 0 Å². The van der Waals surface area contributed by atoms with Crippen LogP contribution in [0.5, 0.6) is 0 Å². The van der Waals surface area contributed by atoms with Crippen LogP contribution in [0.1, 0.15) is 11.3 Å². The van der Waals surface area contributed by atoms with Gasteiger partial charge < -0.3 is 14.2 Å². The third-order valence-electron chi connectivity index (χ3n) is 6.68. The fourth-order valence-corrected chi connectivity index (χ4v) is 6.01. The highest BCUT2D eigenvalue weighted by molar-refractivity contribution is 7.90. The Kier molecular flexibility index (Phi) is 6.86. The highest BCUT2D eigenvalue weighted by Gasteiger charge is 2.26. The normalized spacial score (nSPS) is 14.1. The van der Waals surface area contributed by atoms with Gasteiger partial charge in [0.05, 0.1) is 40.1 Å². The summed E-state index contributed by atoms with van der Waals surface area (Å²) in [6.45, 7) is 5.15. The van der Waals surface area contributed by atoms with E-state index in [1.807, 2.05) is 25.1 Å². The van der Waals surface area contributed by atoms with Gasteiger partial charge in [0.2, 0.25) is 0 Å². The van der Waals surface area contributed by atoms with Crippen LogP contribution in [0.25, 0.3) is 11.4 Å². The standard InChI is InChI=1S/C27H28N4O5S/c1-21-7-12-26(29(21)14-13-22-8-10-23(11-9-22)31(32)33)27-19-24(28-15-17-36-18-16-28)20-30(27)37(34,35)25-5-3-2-4-6-25/h2-12,19-20H,13-18H2,1H3. The molecule has 10 heteroatoms. The molecule has 0 aliphatic carbocycles. The zero-order chi connectivity index (χ0) is 26.0. The Morgan fingerprint density at radius 3 is 2.32 bits per heavy atom. The van der Waals surface area contributed by atoms with Crippen molar-refractivity contribution < 1.29 is 18.1 Å². The van der Waals surface area contributed by atoms with Crippen molar-refractivity contribution in [2.24, 2.45) is 0 Å². The van der Waals surface area contributed by atoms with Crippen molar-refractivity contribution in [3.63, 3.8) is 0 Å². The maximum atomic E-state index is 13.8. The van der Waals surface area contributed by atoms with E-state index >= 15 is 0 Å². The smallest absolute Gasteiger partial charge is 0.269 e. The van der Waals surface area contributed by atoms with Gasteiger partial charge in [0.25, 0.3) is 15.7 Å². The van der Waals surface area contributed by atoms with Gasteiger partial charge in [-0.15, -0.1) is 0 Å². The number of nitro groups is 1. The van der Waals surface area contributed by atoms with E-state index in [0.717, 1.165) is 22.6 Å². The monoisotopic (exact) mass is 520 g/mol. The molecule has 0 saturated carbocycles. The average molecular weight is 521 g/mol. The molecule has 2 aromatic carbocycles. The molecule has 0 unspecified atom stereocenters. The Morgan fingerprint density at radius 1 is 0.946 bits per heavy atom. The molecule has 1 aliphatic rings. The second-order valence-electron chi connectivity index (χ2n) is 8.98. The van der Waals surface area contributed by atoms with E-state index in [-0.39, 0.29) is 10.6 Å². The van der Waals surface area contributed by atoms with Gasteiger partial charge in [-0.05, 0) is 49.2 Å². The molecular formula is C27H28N4O5S. The summed E-state index contributed by atoms with van der Waals surface area (Å²) in [6, 6.07) is 20.8. The molecule has 3 heterocycles. The van der Waals surface area contributed by atoms with Gasteiger partial charge in [0.1, 0.15) is 0 Å². The summed E-state index contributed by atoms with van der Waals surface area (Å²) < 4.78 is 36.5. The van der Waals surface area contributed by atoms with Crippen molar-refractivity contribution in [1.29, 1.82) is 0 Å². The third-order valence-corrected chi connectivity index (χ3v) is 8.37.